The van der Waals surface area contributed by atoms with Crippen LogP contribution in [-0.2, 0) is 11.2 Å². The fraction of sp³-hybridized carbons (Fsp3) is 0.0667. The predicted molar refractivity (Wildman–Crippen MR) is 79.3 cm³/mol. The van der Waals surface area contributed by atoms with E-state index in [0.717, 1.165) is 16.6 Å². The molecule has 1 amide bonds. The van der Waals surface area contributed by atoms with Crippen LogP contribution < -0.4 is 5.43 Å². The van der Waals surface area contributed by atoms with Gasteiger partial charge in [0.25, 0.3) is 0 Å². The Bertz CT molecular complexity index is 766. The summed E-state index contributed by atoms with van der Waals surface area (Å²) in [6.45, 7) is 0. The van der Waals surface area contributed by atoms with Crippen LogP contribution in [0.25, 0.3) is 11.0 Å². The molecular weight excluding hydrogens is 274 g/mol. The average molecular weight is 286 g/mol. The highest BCUT2D eigenvalue weighted by molar-refractivity contribution is 6.31. The maximum Gasteiger partial charge on any atom is 0.243 e. The molecule has 0 atom stereocenters. The molecule has 3 aromatic rings. The lowest BCUT2D eigenvalue weighted by molar-refractivity contribution is -0.116. The van der Waals surface area contributed by atoms with Gasteiger partial charge in [0.2, 0.25) is 5.91 Å². The molecule has 2 aromatic carbocycles. The van der Waals surface area contributed by atoms with E-state index in [9.17, 15) is 4.79 Å². The molecule has 5 heteroatoms. The molecule has 0 saturated heterocycles. The molecule has 1 aromatic heterocycles. The lowest BCUT2D eigenvalue weighted by Gasteiger charge is -2.08. The molecule has 0 spiro atoms. The Morgan fingerprint density at radius 2 is 1.90 bits per heavy atom. The Labute approximate surface area is 121 Å². The number of imidazole rings is 1. The summed E-state index contributed by atoms with van der Waals surface area (Å²) in [6.07, 6.45) is 1.82. The fourth-order valence-electron chi connectivity index (χ4n) is 2.04. The summed E-state index contributed by atoms with van der Waals surface area (Å²) in [5.74, 6) is -0.138. The number of amides is 1. The minimum atomic E-state index is -0.138. The Balaban J connectivity index is 1.78. The van der Waals surface area contributed by atoms with Crippen molar-refractivity contribution >= 4 is 28.5 Å². The zero-order valence-corrected chi connectivity index (χ0v) is 11.3. The number of para-hydroxylation sites is 2. The van der Waals surface area contributed by atoms with Gasteiger partial charge < -0.3 is 0 Å². The SMILES string of the molecule is O=C(Cc1ccccc1Cl)Nn1cnc2ccccc21. The number of rotatable bonds is 3. The number of carbonyl (C=O) groups is 1. The number of hydrogen-bond donors (Lipinski definition) is 1. The highest BCUT2D eigenvalue weighted by Gasteiger charge is 2.08. The zero-order valence-electron chi connectivity index (χ0n) is 10.6. The minimum Gasteiger partial charge on any atom is -0.273 e. The average Bonchev–Trinajstić information content (AvgIpc) is 2.85. The van der Waals surface area contributed by atoms with Gasteiger partial charge in [-0.3, -0.25) is 10.2 Å². The third kappa shape index (κ3) is 2.51. The van der Waals surface area contributed by atoms with Crippen molar-refractivity contribution in [1.82, 2.24) is 9.66 Å². The molecule has 3 rings (SSSR count). The van der Waals surface area contributed by atoms with E-state index in [-0.39, 0.29) is 12.3 Å². The van der Waals surface area contributed by atoms with Crippen LogP contribution in [-0.4, -0.2) is 15.6 Å². The summed E-state index contributed by atoms with van der Waals surface area (Å²) < 4.78 is 1.62. The fourth-order valence-corrected chi connectivity index (χ4v) is 2.24. The monoisotopic (exact) mass is 285 g/mol. The highest BCUT2D eigenvalue weighted by Crippen LogP contribution is 2.16. The van der Waals surface area contributed by atoms with Crippen molar-refractivity contribution in [2.45, 2.75) is 6.42 Å². The Kier molecular flexibility index (Phi) is 3.39. The van der Waals surface area contributed by atoms with Gasteiger partial charge in [-0.1, -0.05) is 41.9 Å². The van der Waals surface area contributed by atoms with Crippen LogP contribution in [0, 0.1) is 0 Å². The van der Waals surface area contributed by atoms with Crippen molar-refractivity contribution in [2.24, 2.45) is 0 Å². The van der Waals surface area contributed by atoms with Gasteiger partial charge in [0.15, 0.2) is 0 Å². The van der Waals surface area contributed by atoms with Crippen molar-refractivity contribution in [1.29, 1.82) is 0 Å². The topological polar surface area (TPSA) is 46.9 Å². The smallest absolute Gasteiger partial charge is 0.243 e. The molecule has 0 saturated carbocycles. The normalized spacial score (nSPS) is 10.7. The first kappa shape index (κ1) is 12.7. The first-order chi connectivity index (χ1) is 9.74. The van der Waals surface area contributed by atoms with E-state index in [2.05, 4.69) is 10.4 Å². The van der Waals surface area contributed by atoms with Crippen molar-refractivity contribution in [3.8, 4) is 0 Å². The van der Waals surface area contributed by atoms with E-state index in [1.807, 2.05) is 42.5 Å². The Morgan fingerprint density at radius 1 is 1.15 bits per heavy atom. The largest absolute Gasteiger partial charge is 0.273 e. The maximum atomic E-state index is 12.1. The maximum absolute atomic E-state index is 12.1. The Hall–Kier alpha value is -2.33. The van der Waals surface area contributed by atoms with Gasteiger partial charge in [0.1, 0.15) is 6.33 Å². The number of aromatic nitrogens is 2. The van der Waals surface area contributed by atoms with Crippen LogP contribution in [0.15, 0.2) is 54.9 Å². The molecule has 0 aliphatic carbocycles. The molecule has 1 N–H and O–H groups in total. The van der Waals surface area contributed by atoms with Crippen LogP contribution >= 0.6 is 11.6 Å². The standard InChI is InChI=1S/C15H12ClN3O/c16-12-6-2-1-5-11(12)9-15(20)18-19-10-17-13-7-3-4-8-14(13)19/h1-8,10H,9H2,(H,18,20). The predicted octanol–water partition coefficient (Wildman–Crippen LogP) is 3.00. The summed E-state index contributed by atoms with van der Waals surface area (Å²) in [5.41, 5.74) is 5.30. The van der Waals surface area contributed by atoms with E-state index >= 15 is 0 Å². The van der Waals surface area contributed by atoms with Crippen LogP contribution in [0.2, 0.25) is 5.02 Å². The van der Waals surface area contributed by atoms with Crippen molar-refractivity contribution in [2.75, 3.05) is 5.43 Å². The number of nitrogens with zero attached hydrogens (tertiary/aromatic N) is 2. The van der Waals surface area contributed by atoms with E-state index in [4.69, 9.17) is 11.6 Å². The van der Waals surface area contributed by atoms with Gasteiger partial charge in [-0.25, -0.2) is 9.66 Å². The molecule has 1 heterocycles. The zero-order chi connectivity index (χ0) is 13.9. The molecule has 100 valence electrons. The van der Waals surface area contributed by atoms with Gasteiger partial charge in [-0.15, -0.1) is 0 Å². The number of benzene rings is 2. The van der Waals surface area contributed by atoms with Crippen molar-refractivity contribution in [3.63, 3.8) is 0 Å². The van der Waals surface area contributed by atoms with Crippen molar-refractivity contribution < 1.29 is 4.79 Å². The molecule has 20 heavy (non-hydrogen) atoms. The van der Waals surface area contributed by atoms with Gasteiger partial charge in [0.05, 0.1) is 17.5 Å². The number of halogens is 1. The summed E-state index contributed by atoms with van der Waals surface area (Å²) >= 11 is 6.05. The minimum absolute atomic E-state index is 0.138. The van der Waals surface area contributed by atoms with Gasteiger partial charge in [-0.2, -0.15) is 0 Å². The van der Waals surface area contributed by atoms with Gasteiger partial charge >= 0.3 is 0 Å². The third-order valence-electron chi connectivity index (χ3n) is 3.01. The van der Waals surface area contributed by atoms with Crippen LogP contribution in [0.1, 0.15) is 5.56 Å². The van der Waals surface area contributed by atoms with Crippen LogP contribution in [0.4, 0.5) is 0 Å². The second-order valence-corrected chi connectivity index (χ2v) is 4.81. The van der Waals surface area contributed by atoms with Gasteiger partial charge in [-0.05, 0) is 23.8 Å². The first-order valence-electron chi connectivity index (χ1n) is 6.19. The quantitative estimate of drug-likeness (QED) is 0.804. The molecule has 0 aliphatic heterocycles. The summed E-state index contributed by atoms with van der Waals surface area (Å²) in [7, 11) is 0. The van der Waals surface area contributed by atoms with E-state index in [1.165, 1.54) is 0 Å². The number of carbonyl (C=O) groups excluding carboxylic acids is 1. The molecule has 0 bridgehead atoms. The van der Waals surface area contributed by atoms with E-state index in [1.54, 1.807) is 17.1 Å². The molecular formula is C15H12ClN3O. The van der Waals surface area contributed by atoms with Crippen LogP contribution in [0.5, 0.6) is 0 Å². The second-order valence-electron chi connectivity index (χ2n) is 4.41. The summed E-state index contributed by atoms with van der Waals surface area (Å²) in [5, 5.41) is 0.595. The summed E-state index contributed by atoms with van der Waals surface area (Å²) in [6, 6.07) is 14.9. The molecule has 0 fully saturated rings. The molecule has 0 unspecified atom stereocenters. The van der Waals surface area contributed by atoms with E-state index in [0.29, 0.717) is 5.02 Å². The Morgan fingerprint density at radius 3 is 2.75 bits per heavy atom. The number of fused-ring (bicyclic) bond motifs is 1. The number of hydrogen-bond acceptors (Lipinski definition) is 2. The molecule has 0 radical (unpaired) electrons. The second kappa shape index (κ2) is 5.35. The number of nitrogens with one attached hydrogen (secondary N) is 1. The van der Waals surface area contributed by atoms with Crippen molar-refractivity contribution in [3.05, 3.63) is 65.4 Å². The molecule has 0 aliphatic rings. The summed E-state index contributed by atoms with van der Waals surface area (Å²) in [4.78, 5) is 16.3. The first-order valence-corrected chi connectivity index (χ1v) is 6.57. The highest BCUT2D eigenvalue weighted by atomic mass is 35.5. The van der Waals surface area contributed by atoms with Gasteiger partial charge in [0, 0.05) is 5.02 Å². The van der Waals surface area contributed by atoms with E-state index < -0.39 is 0 Å². The lowest BCUT2D eigenvalue weighted by Crippen LogP contribution is -2.23. The molecule has 4 nitrogen and oxygen atoms in total. The van der Waals surface area contributed by atoms with Crippen LogP contribution in [0.3, 0.4) is 0 Å². The third-order valence-corrected chi connectivity index (χ3v) is 3.38. The lowest BCUT2D eigenvalue weighted by atomic mass is 10.1.